The first-order valence-electron chi connectivity index (χ1n) is 5.66. The van der Waals surface area contributed by atoms with Crippen LogP contribution >= 0.6 is 0 Å². The second-order valence-corrected chi connectivity index (χ2v) is 7.55. The molecule has 1 aromatic rings. The Morgan fingerprint density at radius 2 is 1.94 bits per heavy atom. The Morgan fingerprint density at radius 1 is 1.33 bits per heavy atom. The zero-order valence-electron chi connectivity index (χ0n) is 10.9. The molecule has 0 amide bonds. The third-order valence-electron chi connectivity index (χ3n) is 3.01. The predicted molar refractivity (Wildman–Crippen MR) is 71.8 cm³/mol. The van der Waals surface area contributed by atoms with E-state index in [1.165, 1.54) is 6.26 Å². The number of hydrogen-bond acceptors (Lipinski definition) is 4. The van der Waals surface area contributed by atoms with Crippen LogP contribution in [-0.2, 0) is 16.4 Å². The highest BCUT2D eigenvalue weighted by Gasteiger charge is 2.29. The average molecular weight is 266 g/mol. The number of hydrogen-bond donors (Lipinski definition) is 1. The van der Waals surface area contributed by atoms with E-state index < -0.39 is 14.6 Å². The van der Waals surface area contributed by atoms with Gasteiger partial charge in [0.2, 0.25) is 0 Å². The van der Waals surface area contributed by atoms with Crippen LogP contribution in [0, 0.1) is 11.3 Å². The number of nitrogens with zero attached hydrogens (tertiary/aromatic N) is 1. The van der Waals surface area contributed by atoms with Gasteiger partial charge in [0, 0.05) is 19.3 Å². The van der Waals surface area contributed by atoms with Crippen molar-refractivity contribution in [1.82, 2.24) is 5.32 Å². The molecule has 0 aromatic heterocycles. The van der Waals surface area contributed by atoms with Gasteiger partial charge in [-0.25, -0.2) is 8.42 Å². The molecule has 0 aliphatic rings. The van der Waals surface area contributed by atoms with Gasteiger partial charge in [0.05, 0.1) is 16.4 Å². The molecule has 0 fully saturated rings. The summed E-state index contributed by atoms with van der Waals surface area (Å²) in [6.07, 6.45) is 1.23. The molecule has 98 valence electrons. The van der Waals surface area contributed by atoms with Crippen LogP contribution in [0.2, 0.25) is 0 Å². The Labute approximate surface area is 109 Å². The molecule has 0 radical (unpaired) electrons. The van der Waals surface area contributed by atoms with Gasteiger partial charge >= 0.3 is 0 Å². The number of benzene rings is 1. The zero-order valence-corrected chi connectivity index (χ0v) is 11.7. The maximum absolute atomic E-state index is 11.5. The fourth-order valence-corrected chi connectivity index (χ4v) is 1.78. The summed E-state index contributed by atoms with van der Waals surface area (Å²) in [7, 11) is -3.10. The lowest BCUT2D eigenvalue weighted by Gasteiger charge is -2.23. The van der Waals surface area contributed by atoms with Crippen molar-refractivity contribution >= 4 is 9.84 Å². The molecule has 1 aromatic carbocycles. The molecule has 4 nitrogen and oxygen atoms in total. The number of nitriles is 1. The van der Waals surface area contributed by atoms with Crippen molar-refractivity contribution in [3.8, 4) is 6.07 Å². The van der Waals surface area contributed by atoms with Gasteiger partial charge in [-0.1, -0.05) is 18.2 Å². The molecule has 5 heteroatoms. The van der Waals surface area contributed by atoms with Crippen LogP contribution in [0.25, 0.3) is 0 Å². The van der Waals surface area contributed by atoms with Gasteiger partial charge in [-0.2, -0.15) is 5.26 Å². The lowest BCUT2D eigenvalue weighted by atomic mass is 10.1. The van der Waals surface area contributed by atoms with Gasteiger partial charge in [0.25, 0.3) is 0 Å². The van der Waals surface area contributed by atoms with E-state index in [0.29, 0.717) is 18.7 Å². The Bertz CT molecular complexity index is 557. The normalized spacial score (nSPS) is 12.1. The van der Waals surface area contributed by atoms with Crippen LogP contribution in [0.3, 0.4) is 0 Å². The van der Waals surface area contributed by atoms with Crippen molar-refractivity contribution in [2.24, 2.45) is 0 Å². The summed E-state index contributed by atoms with van der Waals surface area (Å²) >= 11 is 0. The SMILES string of the molecule is CC(C)(CNCc1ccccc1C#N)S(C)(=O)=O. The summed E-state index contributed by atoms with van der Waals surface area (Å²) in [6, 6.07) is 9.39. The Balaban J connectivity index is 2.66. The number of rotatable bonds is 5. The van der Waals surface area contributed by atoms with Crippen LogP contribution in [-0.4, -0.2) is 26.0 Å². The summed E-state index contributed by atoms with van der Waals surface area (Å²) in [5.41, 5.74) is 1.49. The highest BCUT2D eigenvalue weighted by Crippen LogP contribution is 2.14. The van der Waals surface area contributed by atoms with Crippen LogP contribution in [0.5, 0.6) is 0 Å². The molecule has 0 spiro atoms. The van der Waals surface area contributed by atoms with E-state index in [0.717, 1.165) is 5.56 Å². The third-order valence-corrected chi connectivity index (χ3v) is 5.16. The summed E-state index contributed by atoms with van der Waals surface area (Å²) in [4.78, 5) is 0. The second kappa shape index (κ2) is 5.51. The van der Waals surface area contributed by atoms with E-state index in [4.69, 9.17) is 5.26 Å². The molecule has 0 saturated heterocycles. The molecule has 0 aliphatic heterocycles. The van der Waals surface area contributed by atoms with Crippen molar-refractivity contribution < 1.29 is 8.42 Å². The van der Waals surface area contributed by atoms with Crippen LogP contribution in [0.15, 0.2) is 24.3 Å². The lowest BCUT2D eigenvalue weighted by molar-refractivity contribution is 0.521. The molecule has 0 unspecified atom stereocenters. The van der Waals surface area contributed by atoms with Crippen molar-refractivity contribution in [3.63, 3.8) is 0 Å². The van der Waals surface area contributed by atoms with Gasteiger partial charge in [0.15, 0.2) is 9.84 Å². The molecule has 0 heterocycles. The maximum atomic E-state index is 11.5. The van der Waals surface area contributed by atoms with Gasteiger partial charge in [-0.3, -0.25) is 0 Å². The molecular weight excluding hydrogens is 248 g/mol. The molecule has 1 rings (SSSR count). The first-order valence-corrected chi connectivity index (χ1v) is 7.55. The van der Waals surface area contributed by atoms with Crippen LogP contribution in [0.4, 0.5) is 0 Å². The zero-order chi connectivity index (χ0) is 13.8. The monoisotopic (exact) mass is 266 g/mol. The smallest absolute Gasteiger partial charge is 0.153 e. The van der Waals surface area contributed by atoms with Crippen LogP contribution < -0.4 is 5.32 Å². The average Bonchev–Trinajstić information content (AvgIpc) is 2.28. The van der Waals surface area contributed by atoms with E-state index in [1.807, 2.05) is 18.2 Å². The fourth-order valence-electron chi connectivity index (χ4n) is 1.41. The molecule has 18 heavy (non-hydrogen) atoms. The highest BCUT2D eigenvalue weighted by molar-refractivity contribution is 7.92. The van der Waals surface area contributed by atoms with Crippen molar-refractivity contribution in [3.05, 3.63) is 35.4 Å². The minimum atomic E-state index is -3.10. The maximum Gasteiger partial charge on any atom is 0.153 e. The second-order valence-electron chi connectivity index (χ2n) is 4.90. The Hall–Kier alpha value is -1.38. The molecule has 0 saturated carbocycles. The van der Waals surface area contributed by atoms with Crippen molar-refractivity contribution in [1.29, 1.82) is 5.26 Å². The van der Waals surface area contributed by atoms with E-state index in [9.17, 15) is 8.42 Å². The topological polar surface area (TPSA) is 70.0 Å². The van der Waals surface area contributed by atoms with Gasteiger partial charge in [0.1, 0.15) is 0 Å². The number of sulfone groups is 1. The predicted octanol–water partition coefficient (Wildman–Crippen LogP) is 1.47. The van der Waals surface area contributed by atoms with Gasteiger partial charge < -0.3 is 5.32 Å². The van der Waals surface area contributed by atoms with E-state index in [-0.39, 0.29) is 0 Å². The van der Waals surface area contributed by atoms with Crippen LogP contribution in [0.1, 0.15) is 25.0 Å². The highest BCUT2D eigenvalue weighted by atomic mass is 32.2. The van der Waals surface area contributed by atoms with Gasteiger partial charge in [-0.15, -0.1) is 0 Å². The standard InChI is InChI=1S/C13H18N2O2S/c1-13(2,18(3,16)17)10-15-9-12-7-5-4-6-11(12)8-14/h4-7,15H,9-10H2,1-3H3. The largest absolute Gasteiger partial charge is 0.311 e. The summed E-state index contributed by atoms with van der Waals surface area (Å²) in [6.45, 7) is 4.21. The Morgan fingerprint density at radius 3 is 2.50 bits per heavy atom. The molecule has 0 aliphatic carbocycles. The number of nitrogens with one attached hydrogen (secondary N) is 1. The Kier molecular flexibility index (Phi) is 4.49. The fraction of sp³-hybridized carbons (Fsp3) is 0.462. The molecule has 0 bridgehead atoms. The minimum absolute atomic E-state index is 0.353. The van der Waals surface area contributed by atoms with Gasteiger partial charge in [-0.05, 0) is 25.5 Å². The lowest BCUT2D eigenvalue weighted by Crippen LogP contribution is -2.41. The summed E-state index contributed by atoms with van der Waals surface area (Å²) in [5.74, 6) is 0. The molecular formula is C13H18N2O2S. The van der Waals surface area contributed by atoms with E-state index in [2.05, 4.69) is 11.4 Å². The first kappa shape index (κ1) is 14.7. The van der Waals surface area contributed by atoms with Crippen molar-refractivity contribution in [2.75, 3.05) is 12.8 Å². The molecule has 1 N–H and O–H groups in total. The minimum Gasteiger partial charge on any atom is -0.311 e. The third kappa shape index (κ3) is 3.56. The summed E-state index contributed by atoms with van der Waals surface area (Å²) in [5, 5.41) is 12.0. The first-order chi connectivity index (χ1) is 8.28. The quantitative estimate of drug-likeness (QED) is 0.876. The summed E-state index contributed by atoms with van der Waals surface area (Å²) < 4.78 is 22.2. The van der Waals surface area contributed by atoms with E-state index >= 15 is 0 Å². The van der Waals surface area contributed by atoms with Crippen molar-refractivity contribution in [2.45, 2.75) is 25.1 Å². The van der Waals surface area contributed by atoms with E-state index in [1.54, 1.807) is 19.9 Å². The molecule has 0 atom stereocenters.